The van der Waals surface area contributed by atoms with E-state index < -0.39 is 71.9 Å². The second-order valence-electron chi connectivity index (χ2n) is 6.18. The zero-order valence-electron chi connectivity index (χ0n) is 14.4. The van der Waals surface area contributed by atoms with Gasteiger partial charge in [0.1, 0.15) is 16.7 Å². The van der Waals surface area contributed by atoms with E-state index in [0.29, 0.717) is 12.2 Å². The number of aliphatic hydroxyl groups is 1. The molecule has 0 radical (unpaired) electrons. The number of alkyl halides is 10. The van der Waals surface area contributed by atoms with Gasteiger partial charge in [-0.3, -0.25) is 14.4 Å². The molecule has 1 heterocycles. The van der Waals surface area contributed by atoms with Crippen LogP contribution in [0.3, 0.4) is 0 Å². The van der Waals surface area contributed by atoms with Crippen molar-refractivity contribution in [1.29, 1.82) is 0 Å². The maximum absolute atomic E-state index is 13.2. The Labute approximate surface area is 165 Å². The summed E-state index contributed by atoms with van der Waals surface area (Å²) in [6.07, 6.45) is -21.2. The van der Waals surface area contributed by atoms with Gasteiger partial charge in [-0.15, -0.1) is 0 Å². The molecule has 0 unspecified atom stereocenters. The second kappa shape index (κ2) is 8.03. The fourth-order valence-corrected chi connectivity index (χ4v) is 3.15. The molecule has 0 aromatic heterocycles. The molecular formula is C13H12ClF9N2O5. The highest BCUT2D eigenvalue weighted by Crippen LogP contribution is 2.43. The molecule has 2 amide bonds. The van der Waals surface area contributed by atoms with Gasteiger partial charge in [0.05, 0.1) is 12.6 Å². The van der Waals surface area contributed by atoms with E-state index >= 15 is 0 Å². The third kappa shape index (κ3) is 5.08. The van der Waals surface area contributed by atoms with Gasteiger partial charge in [-0.2, -0.15) is 39.5 Å². The Kier molecular flexibility index (Phi) is 7.02. The van der Waals surface area contributed by atoms with Crippen molar-refractivity contribution in [2.24, 2.45) is 0 Å². The van der Waals surface area contributed by atoms with Crippen LogP contribution in [0.25, 0.3) is 0 Å². The Bertz CT molecular complexity index is 711. The standard InChI is InChI=1S/C13H12ClF9N2O5/c1-4-10(29,3-24-7(27)12(18,19)20)9(2-5(14)30-4,6(26)11(15,16)17)25-8(28)13(21,22)23/h4-5,29H,2-3H2,1H3,(H,24,27)(H,25,28)/t4-,5+,9+,10+/m1/s1. The largest absolute Gasteiger partial charge is 0.471 e. The summed E-state index contributed by atoms with van der Waals surface area (Å²) in [5, 5.41) is 12.3. The molecule has 7 nitrogen and oxygen atoms in total. The van der Waals surface area contributed by atoms with E-state index in [4.69, 9.17) is 16.3 Å². The maximum atomic E-state index is 13.2. The first kappa shape index (κ1) is 26.2. The smallest absolute Gasteiger partial charge is 0.382 e. The molecule has 0 aromatic carbocycles. The van der Waals surface area contributed by atoms with Gasteiger partial charge < -0.3 is 20.5 Å². The average Bonchev–Trinajstić information content (AvgIpc) is 2.53. The Morgan fingerprint density at radius 1 is 1.00 bits per heavy atom. The first-order valence-electron chi connectivity index (χ1n) is 7.56. The van der Waals surface area contributed by atoms with Crippen molar-refractivity contribution in [2.75, 3.05) is 6.54 Å². The topological polar surface area (TPSA) is 105 Å². The molecule has 0 spiro atoms. The van der Waals surface area contributed by atoms with E-state index in [9.17, 15) is 59.0 Å². The van der Waals surface area contributed by atoms with E-state index in [2.05, 4.69) is 0 Å². The van der Waals surface area contributed by atoms with Gasteiger partial charge in [0, 0.05) is 6.42 Å². The van der Waals surface area contributed by atoms with Crippen molar-refractivity contribution in [3.63, 3.8) is 0 Å². The zero-order valence-corrected chi connectivity index (χ0v) is 15.2. The van der Waals surface area contributed by atoms with Crippen LogP contribution in [0.4, 0.5) is 39.5 Å². The fourth-order valence-electron chi connectivity index (χ4n) is 2.77. The van der Waals surface area contributed by atoms with Crippen molar-refractivity contribution in [3.8, 4) is 0 Å². The normalized spacial score (nSPS) is 30.5. The summed E-state index contributed by atoms with van der Waals surface area (Å²) >= 11 is 5.50. The maximum Gasteiger partial charge on any atom is 0.471 e. The summed E-state index contributed by atoms with van der Waals surface area (Å²) in [6.45, 7) is -1.21. The highest BCUT2D eigenvalue weighted by Gasteiger charge is 2.70. The molecule has 0 aromatic rings. The van der Waals surface area contributed by atoms with Crippen molar-refractivity contribution in [2.45, 2.75) is 54.7 Å². The molecular weight excluding hydrogens is 471 g/mol. The SMILES string of the molecule is C[C@H]1O[C@H](Cl)C[C@](NC(=O)C(F)(F)F)(C(=O)C(F)(F)F)[C@]1(O)CNC(=O)C(F)(F)F. The third-order valence-electron chi connectivity index (χ3n) is 4.24. The minimum Gasteiger partial charge on any atom is -0.382 e. The van der Waals surface area contributed by atoms with Crippen LogP contribution in [0.5, 0.6) is 0 Å². The third-order valence-corrected chi connectivity index (χ3v) is 4.49. The van der Waals surface area contributed by atoms with Crippen molar-refractivity contribution in [1.82, 2.24) is 10.6 Å². The molecule has 1 saturated heterocycles. The van der Waals surface area contributed by atoms with E-state index in [1.807, 2.05) is 0 Å². The number of hydrogen-bond acceptors (Lipinski definition) is 5. The number of amides is 2. The molecule has 174 valence electrons. The Morgan fingerprint density at radius 2 is 1.47 bits per heavy atom. The number of rotatable bonds is 4. The molecule has 1 fully saturated rings. The summed E-state index contributed by atoms with van der Waals surface area (Å²) in [5.74, 6) is -9.08. The highest BCUT2D eigenvalue weighted by atomic mass is 35.5. The van der Waals surface area contributed by atoms with Crippen LogP contribution in [-0.2, 0) is 19.1 Å². The quantitative estimate of drug-likeness (QED) is 0.414. The highest BCUT2D eigenvalue weighted by molar-refractivity contribution is 6.20. The first-order valence-corrected chi connectivity index (χ1v) is 8.00. The average molecular weight is 483 g/mol. The second-order valence-corrected chi connectivity index (χ2v) is 6.67. The van der Waals surface area contributed by atoms with Gasteiger partial charge in [-0.1, -0.05) is 11.6 Å². The summed E-state index contributed by atoms with van der Waals surface area (Å²) in [5.41, 5.74) is -9.58. The minimum atomic E-state index is -5.99. The van der Waals surface area contributed by atoms with Gasteiger partial charge in [-0.25, -0.2) is 0 Å². The summed E-state index contributed by atoms with van der Waals surface area (Å²) in [7, 11) is 0. The number of halogens is 10. The summed E-state index contributed by atoms with van der Waals surface area (Å²) in [6, 6.07) is 0. The number of hydrogen-bond donors (Lipinski definition) is 3. The molecule has 0 saturated carbocycles. The number of carbonyl (C=O) groups excluding carboxylic acids is 3. The molecule has 1 aliphatic rings. The Morgan fingerprint density at radius 3 is 1.87 bits per heavy atom. The number of Topliss-reactive ketones (excluding diaryl/α,β-unsaturated/α-hetero) is 1. The Balaban J connectivity index is 3.61. The van der Waals surface area contributed by atoms with E-state index in [0.717, 1.165) is 5.32 Å². The van der Waals surface area contributed by atoms with Crippen LogP contribution < -0.4 is 10.6 Å². The van der Waals surface area contributed by atoms with Crippen LogP contribution >= 0.6 is 11.6 Å². The molecule has 30 heavy (non-hydrogen) atoms. The lowest BCUT2D eigenvalue weighted by Crippen LogP contribution is -2.80. The van der Waals surface area contributed by atoms with Crippen molar-refractivity contribution < 1.29 is 63.7 Å². The van der Waals surface area contributed by atoms with E-state index in [1.54, 1.807) is 0 Å². The van der Waals surface area contributed by atoms with E-state index in [1.165, 1.54) is 0 Å². The van der Waals surface area contributed by atoms with Gasteiger partial charge >= 0.3 is 30.3 Å². The van der Waals surface area contributed by atoms with Gasteiger partial charge in [0.2, 0.25) is 0 Å². The lowest BCUT2D eigenvalue weighted by atomic mass is 9.69. The van der Waals surface area contributed by atoms with Crippen LogP contribution in [0.1, 0.15) is 13.3 Å². The Hall–Kier alpha value is -1.81. The van der Waals surface area contributed by atoms with Gasteiger partial charge in [-0.05, 0) is 6.92 Å². The number of ether oxygens (including phenoxy) is 1. The van der Waals surface area contributed by atoms with Crippen LogP contribution in [0.15, 0.2) is 0 Å². The molecule has 4 atom stereocenters. The van der Waals surface area contributed by atoms with Gasteiger partial charge in [0.25, 0.3) is 5.78 Å². The summed E-state index contributed by atoms with van der Waals surface area (Å²) in [4.78, 5) is 34.4. The number of carbonyl (C=O) groups is 3. The lowest BCUT2D eigenvalue weighted by molar-refractivity contribution is -0.228. The summed E-state index contributed by atoms with van der Waals surface area (Å²) < 4.78 is 119. The first-order chi connectivity index (χ1) is 13.2. The number of ketones is 1. The van der Waals surface area contributed by atoms with Crippen molar-refractivity contribution >= 4 is 29.2 Å². The molecule has 0 aliphatic carbocycles. The molecule has 17 heteroatoms. The predicted molar refractivity (Wildman–Crippen MR) is 76.8 cm³/mol. The van der Waals surface area contributed by atoms with E-state index in [-0.39, 0.29) is 0 Å². The lowest BCUT2D eigenvalue weighted by Gasteiger charge is -2.53. The van der Waals surface area contributed by atoms with Gasteiger partial charge in [0.15, 0.2) is 0 Å². The minimum absolute atomic E-state index is 0.659. The number of nitrogens with one attached hydrogen (secondary N) is 2. The van der Waals surface area contributed by atoms with Crippen LogP contribution in [0.2, 0.25) is 0 Å². The zero-order chi connectivity index (χ0) is 23.9. The van der Waals surface area contributed by atoms with Crippen molar-refractivity contribution in [3.05, 3.63) is 0 Å². The molecule has 1 aliphatic heterocycles. The van der Waals surface area contributed by atoms with Crippen LogP contribution in [0, 0.1) is 0 Å². The monoisotopic (exact) mass is 482 g/mol. The predicted octanol–water partition coefficient (Wildman–Crippen LogP) is 1.32. The molecule has 3 N–H and O–H groups in total. The molecule has 0 bridgehead atoms. The van der Waals surface area contributed by atoms with Crippen LogP contribution in [-0.4, -0.2) is 70.6 Å². The fraction of sp³-hybridized carbons (Fsp3) is 0.769. The molecule has 1 rings (SSSR count).